The van der Waals surface area contributed by atoms with Gasteiger partial charge in [-0.25, -0.2) is 0 Å². The summed E-state index contributed by atoms with van der Waals surface area (Å²) >= 11 is 0. The van der Waals surface area contributed by atoms with Gasteiger partial charge in [-0.05, 0) is 39.5 Å². The lowest BCUT2D eigenvalue weighted by Crippen LogP contribution is -2.44. The minimum Gasteiger partial charge on any atom is -0.460 e. The summed E-state index contributed by atoms with van der Waals surface area (Å²) in [4.78, 5) is 36.9. The van der Waals surface area contributed by atoms with Crippen LogP contribution >= 0.6 is 0 Å². The fraction of sp³-hybridized carbons (Fsp3) is 0.750. The maximum Gasteiger partial charge on any atom is 0.312 e. The van der Waals surface area contributed by atoms with Crippen molar-refractivity contribution in [1.82, 2.24) is 5.32 Å². The molecule has 1 aliphatic rings. The predicted molar refractivity (Wildman–Crippen MR) is 99.4 cm³/mol. The molecule has 1 aliphatic carbocycles. The van der Waals surface area contributed by atoms with Crippen molar-refractivity contribution >= 4 is 17.7 Å². The summed E-state index contributed by atoms with van der Waals surface area (Å²) < 4.78 is 5.43. The summed E-state index contributed by atoms with van der Waals surface area (Å²) in [6, 6.07) is 0. The molecule has 0 aromatic rings. The quantitative estimate of drug-likeness (QED) is 0.611. The van der Waals surface area contributed by atoms with Crippen molar-refractivity contribution in [3.63, 3.8) is 0 Å². The molecule has 0 bridgehead atoms. The monoisotopic (exact) mass is 367 g/mol. The van der Waals surface area contributed by atoms with E-state index in [1.807, 2.05) is 13.0 Å². The smallest absolute Gasteiger partial charge is 0.312 e. The molecule has 1 amide bonds. The lowest BCUT2D eigenvalue weighted by Gasteiger charge is -2.34. The molecular formula is C20H33NO5. The molecule has 0 aromatic heterocycles. The highest BCUT2D eigenvalue weighted by Gasteiger charge is 2.42. The average molecular weight is 367 g/mol. The molecule has 0 heterocycles. The Hall–Kier alpha value is -1.69. The number of nitrogens with one attached hydrogen (secondary N) is 1. The zero-order chi connectivity index (χ0) is 20.0. The van der Waals surface area contributed by atoms with Crippen molar-refractivity contribution in [3.05, 3.63) is 11.6 Å². The van der Waals surface area contributed by atoms with E-state index in [-0.39, 0.29) is 24.8 Å². The minimum absolute atomic E-state index is 0.00189. The van der Waals surface area contributed by atoms with E-state index >= 15 is 0 Å². The van der Waals surface area contributed by atoms with Crippen LogP contribution in [0.5, 0.6) is 0 Å². The molecule has 26 heavy (non-hydrogen) atoms. The normalized spacial score (nSPS) is 18.5. The number of hydrogen-bond acceptors (Lipinski definition) is 5. The van der Waals surface area contributed by atoms with E-state index in [1.165, 1.54) is 0 Å². The number of rotatable bonds is 9. The van der Waals surface area contributed by atoms with Crippen LogP contribution in [0.3, 0.4) is 0 Å². The van der Waals surface area contributed by atoms with Gasteiger partial charge < -0.3 is 15.2 Å². The average Bonchev–Trinajstić information content (AvgIpc) is 2.57. The Morgan fingerprint density at radius 2 is 2.00 bits per heavy atom. The number of aliphatic hydroxyl groups excluding tert-OH is 1. The van der Waals surface area contributed by atoms with E-state index in [0.29, 0.717) is 24.8 Å². The van der Waals surface area contributed by atoms with Crippen molar-refractivity contribution < 1.29 is 24.2 Å². The van der Waals surface area contributed by atoms with Gasteiger partial charge >= 0.3 is 5.97 Å². The number of hydrogen-bond donors (Lipinski definition) is 2. The number of esters is 1. The van der Waals surface area contributed by atoms with Gasteiger partial charge in [0.1, 0.15) is 6.61 Å². The molecule has 2 unspecified atom stereocenters. The van der Waals surface area contributed by atoms with Crippen LogP contribution in [0.25, 0.3) is 0 Å². The van der Waals surface area contributed by atoms with E-state index in [4.69, 9.17) is 4.74 Å². The SMILES string of the molecule is CCC(C)(CC(C)(C)C(=O)NCC(C)O)C(=O)OCC1=CCCCC1=O. The van der Waals surface area contributed by atoms with Crippen molar-refractivity contribution in [3.8, 4) is 0 Å². The van der Waals surface area contributed by atoms with E-state index < -0.39 is 22.9 Å². The highest BCUT2D eigenvalue weighted by molar-refractivity contribution is 5.96. The molecule has 0 radical (unpaired) electrons. The lowest BCUT2D eigenvalue weighted by atomic mass is 9.72. The van der Waals surface area contributed by atoms with E-state index in [1.54, 1.807) is 27.7 Å². The number of ketones is 1. The molecule has 148 valence electrons. The van der Waals surface area contributed by atoms with Gasteiger partial charge in [-0.2, -0.15) is 0 Å². The molecule has 0 aromatic carbocycles. The number of aliphatic hydroxyl groups is 1. The van der Waals surface area contributed by atoms with Gasteiger partial charge in [-0.15, -0.1) is 0 Å². The summed E-state index contributed by atoms with van der Waals surface area (Å²) in [6.07, 6.45) is 4.23. The van der Waals surface area contributed by atoms with Crippen LogP contribution in [-0.4, -0.2) is 42.0 Å². The van der Waals surface area contributed by atoms with Crippen molar-refractivity contribution in [2.75, 3.05) is 13.2 Å². The summed E-state index contributed by atoms with van der Waals surface area (Å²) in [6.45, 7) is 9.00. The number of ether oxygens (including phenoxy) is 1. The van der Waals surface area contributed by atoms with Crippen molar-refractivity contribution in [2.24, 2.45) is 10.8 Å². The Morgan fingerprint density at radius 1 is 1.35 bits per heavy atom. The first-order valence-electron chi connectivity index (χ1n) is 9.37. The van der Waals surface area contributed by atoms with Gasteiger partial charge in [0.15, 0.2) is 5.78 Å². The first-order valence-corrected chi connectivity index (χ1v) is 9.37. The van der Waals surface area contributed by atoms with Crippen LogP contribution in [0.2, 0.25) is 0 Å². The zero-order valence-corrected chi connectivity index (χ0v) is 16.7. The highest BCUT2D eigenvalue weighted by Crippen LogP contribution is 2.38. The van der Waals surface area contributed by atoms with Crippen LogP contribution in [0, 0.1) is 10.8 Å². The Morgan fingerprint density at radius 3 is 2.54 bits per heavy atom. The van der Waals surface area contributed by atoms with Gasteiger partial charge in [-0.1, -0.05) is 26.8 Å². The second-order valence-corrected chi connectivity index (χ2v) is 8.15. The Balaban J connectivity index is 2.72. The van der Waals surface area contributed by atoms with Gasteiger partial charge in [-0.3, -0.25) is 14.4 Å². The first kappa shape index (κ1) is 22.4. The van der Waals surface area contributed by atoms with Gasteiger partial charge in [0.2, 0.25) is 5.91 Å². The fourth-order valence-electron chi connectivity index (χ4n) is 3.15. The van der Waals surface area contributed by atoms with Crippen LogP contribution in [0.4, 0.5) is 0 Å². The maximum atomic E-state index is 12.7. The van der Waals surface area contributed by atoms with Gasteiger partial charge in [0.25, 0.3) is 0 Å². The van der Waals surface area contributed by atoms with Gasteiger partial charge in [0.05, 0.1) is 11.5 Å². The predicted octanol–water partition coefficient (Wildman–Crippen LogP) is 2.54. The van der Waals surface area contributed by atoms with E-state index in [0.717, 1.165) is 12.8 Å². The summed E-state index contributed by atoms with van der Waals surface area (Å²) in [5.41, 5.74) is -1.06. The van der Waals surface area contributed by atoms with Crippen LogP contribution in [0.1, 0.15) is 66.7 Å². The number of carbonyl (C=O) groups is 3. The van der Waals surface area contributed by atoms with Crippen LogP contribution < -0.4 is 5.32 Å². The first-order chi connectivity index (χ1) is 12.0. The van der Waals surface area contributed by atoms with Crippen LogP contribution in [0.15, 0.2) is 11.6 Å². The lowest BCUT2D eigenvalue weighted by molar-refractivity contribution is -0.157. The molecule has 0 saturated carbocycles. The molecule has 2 atom stereocenters. The number of allylic oxidation sites excluding steroid dienone is 1. The van der Waals surface area contributed by atoms with E-state index in [2.05, 4.69) is 5.32 Å². The molecule has 0 saturated heterocycles. The van der Waals surface area contributed by atoms with Crippen molar-refractivity contribution in [1.29, 1.82) is 0 Å². The maximum absolute atomic E-state index is 12.7. The largest absolute Gasteiger partial charge is 0.460 e. The molecule has 0 aliphatic heterocycles. The Labute approximate surface area is 156 Å². The molecule has 0 spiro atoms. The molecule has 2 N–H and O–H groups in total. The standard InChI is InChI=1S/C20H33NO5/c1-6-20(5,13-19(3,4)17(24)21-11-14(2)22)18(25)26-12-15-9-7-8-10-16(15)23/h9,14,22H,6-8,10-13H2,1-5H3,(H,21,24). The number of amides is 1. The summed E-state index contributed by atoms with van der Waals surface area (Å²) in [7, 11) is 0. The minimum atomic E-state index is -0.829. The molecule has 1 rings (SSSR count). The number of carbonyl (C=O) groups excluding carboxylic acids is 3. The molecule has 6 heteroatoms. The second-order valence-electron chi connectivity index (χ2n) is 8.15. The molecular weight excluding hydrogens is 334 g/mol. The molecule has 0 fully saturated rings. The summed E-state index contributed by atoms with van der Waals surface area (Å²) in [5.74, 6) is -0.563. The van der Waals surface area contributed by atoms with Crippen molar-refractivity contribution in [2.45, 2.75) is 72.8 Å². The fourth-order valence-corrected chi connectivity index (χ4v) is 3.15. The van der Waals surface area contributed by atoms with Crippen LogP contribution in [-0.2, 0) is 19.1 Å². The van der Waals surface area contributed by atoms with Gasteiger partial charge in [0, 0.05) is 24.0 Å². The third-order valence-electron chi connectivity index (χ3n) is 4.99. The van der Waals surface area contributed by atoms with E-state index in [9.17, 15) is 19.5 Å². The summed E-state index contributed by atoms with van der Waals surface area (Å²) in [5, 5.41) is 12.0. The molecule has 6 nitrogen and oxygen atoms in total. The third kappa shape index (κ3) is 6.24. The highest BCUT2D eigenvalue weighted by atomic mass is 16.5. The zero-order valence-electron chi connectivity index (χ0n) is 16.7. The number of Topliss-reactive ketones (excluding diaryl/α,β-unsaturated/α-hetero) is 1. The Kier molecular flexibility index (Phi) is 8.00. The second kappa shape index (κ2) is 9.31. The topological polar surface area (TPSA) is 92.7 Å². The Bertz CT molecular complexity index is 565. The third-order valence-corrected chi connectivity index (χ3v) is 4.99.